The van der Waals surface area contributed by atoms with Gasteiger partial charge in [0, 0.05) is 23.8 Å². The molecule has 1 aliphatic carbocycles. The number of hydrogen-bond acceptors (Lipinski definition) is 5. The SMILES string of the molecule is Cc1cc(C)n(-c2ccc(=O)n(C3CCC(NC4CCSCC4)CC3)n2)n1. The van der Waals surface area contributed by atoms with E-state index >= 15 is 0 Å². The van der Waals surface area contributed by atoms with Gasteiger partial charge >= 0.3 is 0 Å². The molecule has 0 radical (unpaired) electrons. The van der Waals surface area contributed by atoms with Crippen molar-refractivity contribution in [3.8, 4) is 5.82 Å². The molecule has 1 N–H and O–H groups in total. The van der Waals surface area contributed by atoms with Gasteiger partial charge in [-0.2, -0.15) is 16.9 Å². The highest BCUT2D eigenvalue weighted by Crippen LogP contribution is 2.28. The molecule has 1 aliphatic heterocycles. The molecular weight excluding hydrogens is 358 g/mol. The predicted octanol–water partition coefficient (Wildman–Crippen LogP) is 3.01. The van der Waals surface area contributed by atoms with E-state index in [1.165, 1.54) is 24.3 Å². The number of hydrogen-bond donors (Lipinski definition) is 1. The minimum absolute atomic E-state index is 0.0130. The lowest BCUT2D eigenvalue weighted by Crippen LogP contribution is -2.43. The largest absolute Gasteiger partial charge is 0.311 e. The molecule has 0 aromatic carbocycles. The van der Waals surface area contributed by atoms with Crippen molar-refractivity contribution >= 4 is 11.8 Å². The molecule has 1 saturated carbocycles. The highest BCUT2D eigenvalue weighted by Gasteiger charge is 2.26. The maximum atomic E-state index is 12.4. The number of rotatable bonds is 4. The molecule has 6 nitrogen and oxygen atoms in total. The second-order valence-corrected chi connectivity index (χ2v) is 9.10. The monoisotopic (exact) mass is 387 g/mol. The molecule has 0 amide bonds. The zero-order valence-corrected chi connectivity index (χ0v) is 17.0. The van der Waals surface area contributed by atoms with Gasteiger partial charge in [0.1, 0.15) is 0 Å². The van der Waals surface area contributed by atoms with Gasteiger partial charge in [-0.1, -0.05) is 0 Å². The molecule has 146 valence electrons. The molecular formula is C20H29N5OS. The summed E-state index contributed by atoms with van der Waals surface area (Å²) in [4.78, 5) is 12.4. The summed E-state index contributed by atoms with van der Waals surface area (Å²) < 4.78 is 3.51. The van der Waals surface area contributed by atoms with Crippen LogP contribution >= 0.6 is 11.8 Å². The van der Waals surface area contributed by atoms with Crippen molar-refractivity contribution in [2.45, 2.75) is 70.5 Å². The summed E-state index contributed by atoms with van der Waals surface area (Å²) in [6.07, 6.45) is 6.82. The lowest BCUT2D eigenvalue weighted by molar-refractivity contribution is 0.252. The summed E-state index contributed by atoms with van der Waals surface area (Å²) in [5.41, 5.74) is 1.98. The predicted molar refractivity (Wildman–Crippen MR) is 110 cm³/mol. The zero-order chi connectivity index (χ0) is 18.8. The van der Waals surface area contributed by atoms with Gasteiger partial charge in [0.15, 0.2) is 5.82 Å². The molecule has 3 heterocycles. The molecule has 1 saturated heterocycles. The molecule has 2 aromatic heterocycles. The minimum atomic E-state index is -0.0130. The molecule has 2 aromatic rings. The highest BCUT2D eigenvalue weighted by atomic mass is 32.2. The maximum absolute atomic E-state index is 12.4. The Morgan fingerprint density at radius 3 is 2.37 bits per heavy atom. The first-order valence-corrected chi connectivity index (χ1v) is 11.2. The number of nitrogens with zero attached hydrogens (tertiary/aromatic N) is 4. The van der Waals surface area contributed by atoms with E-state index in [-0.39, 0.29) is 11.6 Å². The first-order chi connectivity index (χ1) is 13.1. The Labute approximate surface area is 164 Å². The van der Waals surface area contributed by atoms with E-state index in [1.54, 1.807) is 16.8 Å². The Hall–Kier alpha value is -1.60. The van der Waals surface area contributed by atoms with Crippen molar-refractivity contribution < 1.29 is 0 Å². The molecule has 7 heteroatoms. The summed E-state index contributed by atoms with van der Waals surface area (Å²) in [6, 6.07) is 6.88. The molecule has 0 atom stereocenters. The fourth-order valence-corrected chi connectivity index (χ4v) is 5.44. The molecule has 0 unspecified atom stereocenters. The van der Waals surface area contributed by atoms with Gasteiger partial charge in [0.05, 0.1) is 11.7 Å². The molecule has 2 aliphatic rings. The lowest BCUT2D eigenvalue weighted by Gasteiger charge is -2.33. The normalized spacial score (nSPS) is 24.2. The van der Waals surface area contributed by atoms with Crippen LogP contribution in [0.25, 0.3) is 5.82 Å². The van der Waals surface area contributed by atoms with Gasteiger partial charge in [0.2, 0.25) is 0 Å². The lowest BCUT2D eigenvalue weighted by atomic mass is 9.90. The van der Waals surface area contributed by atoms with Crippen LogP contribution in [0, 0.1) is 13.8 Å². The molecule has 27 heavy (non-hydrogen) atoms. The Morgan fingerprint density at radius 1 is 1.00 bits per heavy atom. The Kier molecular flexibility index (Phi) is 5.68. The maximum Gasteiger partial charge on any atom is 0.267 e. The third-order valence-corrected chi connectivity index (χ3v) is 6.82. The Balaban J connectivity index is 1.44. The van der Waals surface area contributed by atoms with Crippen molar-refractivity contribution in [1.82, 2.24) is 24.9 Å². The van der Waals surface area contributed by atoms with Crippen LogP contribution in [0.1, 0.15) is 56.0 Å². The van der Waals surface area contributed by atoms with E-state index in [1.807, 2.05) is 24.6 Å². The quantitative estimate of drug-likeness (QED) is 0.874. The summed E-state index contributed by atoms with van der Waals surface area (Å²) in [6.45, 7) is 3.98. The Morgan fingerprint density at radius 2 is 1.70 bits per heavy atom. The topological polar surface area (TPSA) is 64.7 Å². The average molecular weight is 388 g/mol. The smallest absolute Gasteiger partial charge is 0.267 e. The molecule has 4 rings (SSSR count). The average Bonchev–Trinajstić information content (AvgIpc) is 3.02. The zero-order valence-electron chi connectivity index (χ0n) is 16.2. The van der Waals surface area contributed by atoms with E-state index < -0.39 is 0 Å². The van der Waals surface area contributed by atoms with Crippen LogP contribution in [0.3, 0.4) is 0 Å². The number of thioether (sulfide) groups is 1. The summed E-state index contributed by atoms with van der Waals surface area (Å²) >= 11 is 2.07. The third-order valence-electron chi connectivity index (χ3n) is 5.77. The van der Waals surface area contributed by atoms with E-state index in [9.17, 15) is 4.79 Å². The van der Waals surface area contributed by atoms with Crippen molar-refractivity contribution in [2.75, 3.05) is 11.5 Å². The van der Waals surface area contributed by atoms with Crippen molar-refractivity contribution in [3.05, 3.63) is 39.9 Å². The molecule has 2 fully saturated rings. The van der Waals surface area contributed by atoms with E-state index in [2.05, 4.69) is 27.3 Å². The standard InChI is InChI=1S/C20H29N5OS/c1-14-13-15(2)24(22-14)19-7-8-20(26)25(23-19)18-5-3-16(4-6-18)21-17-9-11-27-12-10-17/h7-8,13,16-18,21H,3-6,9-12H2,1-2H3. The van der Waals surface area contributed by atoms with Crippen LogP contribution in [0.2, 0.25) is 0 Å². The minimum Gasteiger partial charge on any atom is -0.311 e. The second-order valence-electron chi connectivity index (χ2n) is 7.87. The van der Waals surface area contributed by atoms with E-state index in [0.717, 1.165) is 42.9 Å². The van der Waals surface area contributed by atoms with Crippen LogP contribution in [0.4, 0.5) is 0 Å². The van der Waals surface area contributed by atoms with Gasteiger partial charge in [0.25, 0.3) is 5.56 Å². The van der Waals surface area contributed by atoms with E-state index in [0.29, 0.717) is 12.1 Å². The van der Waals surface area contributed by atoms with Crippen LogP contribution in [0.5, 0.6) is 0 Å². The van der Waals surface area contributed by atoms with Crippen LogP contribution < -0.4 is 10.9 Å². The van der Waals surface area contributed by atoms with E-state index in [4.69, 9.17) is 0 Å². The molecule has 0 bridgehead atoms. The number of aryl methyl sites for hydroxylation is 2. The second kappa shape index (κ2) is 8.19. The first kappa shape index (κ1) is 18.7. The number of nitrogens with one attached hydrogen (secondary N) is 1. The first-order valence-electron chi connectivity index (χ1n) is 10.1. The van der Waals surface area contributed by atoms with Crippen LogP contribution in [0.15, 0.2) is 23.0 Å². The summed E-state index contributed by atoms with van der Waals surface area (Å²) in [7, 11) is 0. The molecule has 0 spiro atoms. The van der Waals surface area contributed by atoms with Crippen LogP contribution in [-0.4, -0.2) is 43.2 Å². The van der Waals surface area contributed by atoms with Crippen molar-refractivity contribution in [1.29, 1.82) is 0 Å². The summed E-state index contributed by atoms with van der Waals surface area (Å²) in [5, 5.41) is 13.0. The van der Waals surface area contributed by atoms with Crippen LogP contribution in [-0.2, 0) is 0 Å². The third kappa shape index (κ3) is 4.29. The van der Waals surface area contributed by atoms with Crippen molar-refractivity contribution in [3.63, 3.8) is 0 Å². The van der Waals surface area contributed by atoms with Crippen molar-refractivity contribution in [2.24, 2.45) is 0 Å². The van der Waals surface area contributed by atoms with Gasteiger partial charge in [-0.05, 0) is 76.0 Å². The summed E-state index contributed by atoms with van der Waals surface area (Å²) in [5.74, 6) is 3.29. The highest BCUT2D eigenvalue weighted by molar-refractivity contribution is 7.99. The van der Waals surface area contributed by atoms with Gasteiger partial charge < -0.3 is 5.32 Å². The fraction of sp³-hybridized carbons (Fsp3) is 0.650. The van der Waals surface area contributed by atoms with Gasteiger partial charge in [-0.15, -0.1) is 5.10 Å². The fourth-order valence-electron chi connectivity index (χ4n) is 4.34. The van der Waals surface area contributed by atoms with Gasteiger partial charge in [-0.25, -0.2) is 9.36 Å². The van der Waals surface area contributed by atoms with Gasteiger partial charge in [-0.3, -0.25) is 4.79 Å². The number of aromatic nitrogens is 4. The Bertz CT molecular complexity index is 831.